The van der Waals surface area contributed by atoms with Gasteiger partial charge in [0.2, 0.25) is 0 Å². The highest BCUT2D eigenvalue weighted by atomic mass is 16.5. The largest absolute Gasteiger partial charge is 0.512 e. The second-order valence-electron chi connectivity index (χ2n) is 10.00. The van der Waals surface area contributed by atoms with E-state index in [-0.39, 0.29) is 24.2 Å². The van der Waals surface area contributed by atoms with E-state index >= 15 is 0 Å². The number of nitrogens with zero attached hydrogens (tertiary/aromatic N) is 1. The molecule has 2 aromatic carbocycles. The van der Waals surface area contributed by atoms with Crippen LogP contribution in [0, 0.1) is 0 Å². The zero-order chi connectivity index (χ0) is 23.7. The molecule has 180 valence electrons. The number of hydrogen-bond donors (Lipinski definition) is 1. The summed E-state index contributed by atoms with van der Waals surface area (Å²) in [5.74, 6) is 0.924. The van der Waals surface area contributed by atoms with Crippen LogP contribution >= 0.6 is 0 Å². The average molecular weight is 462 g/mol. The number of fused-ring (bicyclic) bond motifs is 6. The summed E-state index contributed by atoms with van der Waals surface area (Å²) >= 11 is 0. The molecule has 1 aliphatic carbocycles. The molecule has 1 fully saturated rings. The third kappa shape index (κ3) is 4.72. The number of benzene rings is 2. The van der Waals surface area contributed by atoms with Crippen LogP contribution in [0.3, 0.4) is 0 Å². The van der Waals surface area contributed by atoms with Gasteiger partial charge in [-0.1, -0.05) is 36.4 Å². The van der Waals surface area contributed by atoms with E-state index < -0.39 is 0 Å². The molecule has 0 radical (unpaired) electrons. The Kier molecular flexibility index (Phi) is 6.64. The standard InChI is InChI=1S/C29H35NO4/c1-19(8-6-11-21-9-4-3-5-10-21)33-22-13-14-24-25(16-22)29-27(30-15-7-12-26(24)30)17-23(18-28(29)32)34-20(2)31/h3-5,9-10,13-14,16,19,23,26-27,32H,6-8,11-12,15,17-18H2,1-2H3/t19-,23-,26?,27?/m1/s1. The van der Waals surface area contributed by atoms with E-state index in [0.29, 0.717) is 18.2 Å². The molecule has 5 nitrogen and oxygen atoms in total. The fourth-order valence-corrected chi connectivity index (χ4v) is 6.09. The van der Waals surface area contributed by atoms with Gasteiger partial charge in [0.1, 0.15) is 17.6 Å². The van der Waals surface area contributed by atoms with Crippen LogP contribution in [0.15, 0.2) is 54.3 Å². The van der Waals surface area contributed by atoms with Gasteiger partial charge in [-0.05, 0) is 74.4 Å². The van der Waals surface area contributed by atoms with Crippen molar-refractivity contribution in [3.8, 4) is 5.75 Å². The van der Waals surface area contributed by atoms with Gasteiger partial charge >= 0.3 is 5.97 Å². The molecule has 3 aliphatic rings. The Balaban J connectivity index is 1.34. The lowest BCUT2D eigenvalue weighted by atomic mass is 9.78. The van der Waals surface area contributed by atoms with Crippen LogP contribution in [0.5, 0.6) is 5.75 Å². The molecular weight excluding hydrogens is 426 g/mol. The molecule has 5 rings (SSSR count). The number of ether oxygens (including phenoxy) is 2. The summed E-state index contributed by atoms with van der Waals surface area (Å²) in [4.78, 5) is 14.1. The van der Waals surface area contributed by atoms with Gasteiger partial charge in [-0.25, -0.2) is 0 Å². The van der Waals surface area contributed by atoms with Crippen molar-refractivity contribution >= 4 is 11.5 Å². The maximum absolute atomic E-state index is 11.6. The van der Waals surface area contributed by atoms with E-state index in [9.17, 15) is 9.90 Å². The van der Waals surface area contributed by atoms with Crippen LogP contribution in [-0.4, -0.2) is 40.8 Å². The first-order chi connectivity index (χ1) is 16.5. The zero-order valence-corrected chi connectivity index (χ0v) is 20.2. The zero-order valence-electron chi connectivity index (χ0n) is 20.2. The Morgan fingerprint density at radius 1 is 1.18 bits per heavy atom. The highest BCUT2D eigenvalue weighted by Gasteiger charge is 2.45. The Morgan fingerprint density at radius 3 is 2.79 bits per heavy atom. The number of hydrogen-bond acceptors (Lipinski definition) is 5. The number of aryl methyl sites for hydroxylation is 1. The van der Waals surface area contributed by atoms with Crippen molar-refractivity contribution in [1.29, 1.82) is 0 Å². The molecule has 0 bridgehead atoms. The topological polar surface area (TPSA) is 59.0 Å². The minimum absolute atomic E-state index is 0.0802. The van der Waals surface area contributed by atoms with Crippen LogP contribution in [0.25, 0.3) is 5.57 Å². The minimum atomic E-state index is -0.285. The quantitative estimate of drug-likeness (QED) is 0.513. The monoisotopic (exact) mass is 461 g/mol. The highest BCUT2D eigenvalue weighted by Crippen LogP contribution is 2.50. The van der Waals surface area contributed by atoms with Crippen molar-refractivity contribution in [1.82, 2.24) is 4.90 Å². The van der Waals surface area contributed by atoms with Crippen molar-refractivity contribution in [2.45, 2.75) is 83.1 Å². The van der Waals surface area contributed by atoms with Gasteiger partial charge in [-0.2, -0.15) is 0 Å². The van der Waals surface area contributed by atoms with Crippen molar-refractivity contribution in [2.24, 2.45) is 0 Å². The summed E-state index contributed by atoms with van der Waals surface area (Å²) in [5.41, 5.74) is 4.76. The van der Waals surface area contributed by atoms with Gasteiger partial charge in [0.05, 0.1) is 6.10 Å². The molecule has 2 heterocycles. The van der Waals surface area contributed by atoms with E-state index in [0.717, 1.165) is 62.0 Å². The van der Waals surface area contributed by atoms with E-state index in [2.05, 4.69) is 60.4 Å². The second-order valence-corrected chi connectivity index (χ2v) is 10.00. The summed E-state index contributed by atoms with van der Waals surface area (Å²) in [7, 11) is 0. The first kappa shape index (κ1) is 23.0. The van der Waals surface area contributed by atoms with Gasteiger partial charge in [-0.15, -0.1) is 0 Å². The van der Waals surface area contributed by atoms with Gasteiger partial charge in [0.15, 0.2) is 0 Å². The molecule has 4 atom stereocenters. The summed E-state index contributed by atoms with van der Waals surface area (Å²) in [5, 5.41) is 11.1. The van der Waals surface area contributed by atoms with Crippen LogP contribution in [0.4, 0.5) is 0 Å². The number of esters is 1. The van der Waals surface area contributed by atoms with Crippen LogP contribution < -0.4 is 4.74 Å². The first-order valence-electron chi connectivity index (χ1n) is 12.7. The van der Waals surface area contributed by atoms with Crippen molar-refractivity contribution < 1.29 is 19.4 Å². The van der Waals surface area contributed by atoms with Crippen LogP contribution in [-0.2, 0) is 16.0 Å². The van der Waals surface area contributed by atoms with E-state index in [1.54, 1.807) is 0 Å². The Labute approximate surface area is 202 Å². The van der Waals surface area contributed by atoms with Gasteiger partial charge in [-0.3, -0.25) is 9.69 Å². The summed E-state index contributed by atoms with van der Waals surface area (Å²) in [6.07, 6.45) is 6.35. The van der Waals surface area contributed by atoms with E-state index in [1.807, 2.05) is 0 Å². The average Bonchev–Trinajstić information content (AvgIpc) is 3.29. The smallest absolute Gasteiger partial charge is 0.302 e. The number of carbonyl (C=O) groups excluding carboxylic acids is 1. The maximum atomic E-state index is 11.6. The molecule has 0 saturated carbocycles. The minimum Gasteiger partial charge on any atom is -0.512 e. The molecule has 0 amide bonds. The van der Waals surface area contributed by atoms with Crippen molar-refractivity contribution in [3.63, 3.8) is 0 Å². The number of aliphatic hydroxyl groups excluding tert-OH is 1. The molecule has 1 N–H and O–H groups in total. The third-order valence-corrected chi connectivity index (χ3v) is 7.51. The summed E-state index contributed by atoms with van der Waals surface area (Å²) in [6, 6.07) is 17.4. The fraction of sp³-hybridized carbons (Fsp3) is 0.483. The molecule has 2 unspecified atom stereocenters. The normalized spacial score (nSPS) is 24.7. The lowest BCUT2D eigenvalue weighted by Crippen LogP contribution is -2.45. The van der Waals surface area contributed by atoms with Crippen molar-refractivity contribution in [2.75, 3.05) is 6.54 Å². The number of aliphatic hydroxyl groups is 1. The van der Waals surface area contributed by atoms with Gasteiger partial charge in [0.25, 0.3) is 0 Å². The van der Waals surface area contributed by atoms with Crippen molar-refractivity contribution in [3.05, 3.63) is 71.0 Å². The molecule has 0 aromatic heterocycles. The predicted molar refractivity (Wildman–Crippen MR) is 133 cm³/mol. The Bertz CT molecular complexity index is 1060. The predicted octanol–water partition coefficient (Wildman–Crippen LogP) is 5.99. The van der Waals surface area contributed by atoms with Crippen LogP contribution in [0.2, 0.25) is 0 Å². The maximum Gasteiger partial charge on any atom is 0.302 e. The molecule has 34 heavy (non-hydrogen) atoms. The second kappa shape index (κ2) is 9.83. The van der Waals surface area contributed by atoms with E-state index in [4.69, 9.17) is 9.47 Å². The highest BCUT2D eigenvalue weighted by molar-refractivity contribution is 5.78. The number of rotatable bonds is 7. The van der Waals surface area contributed by atoms with Crippen LogP contribution in [0.1, 0.15) is 75.1 Å². The summed E-state index contributed by atoms with van der Waals surface area (Å²) < 4.78 is 11.8. The molecule has 5 heteroatoms. The Morgan fingerprint density at radius 2 is 2.00 bits per heavy atom. The SMILES string of the molecule is CC(=O)O[C@H]1CC(O)=C2c3cc(O[C@H](C)CCCc4ccccc4)ccc3C3CCCN3C2C1. The third-order valence-electron chi connectivity index (χ3n) is 7.51. The Hall–Kier alpha value is -2.79. The molecule has 0 spiro atoms. The summed E-state index contributed by atoms with van der Waals surface area (Å²) in [6.45, 7) is 4.58. The number of carbonyl (C=O) groups is 1. The lowest BCUT2D eigenvalue weighted by Gasteiger charge is -2.44. The van der Waals surface area contributed by atoms with E-state index in [1.165, 1.54) is 18.1 Å². The lowest BCUT2D eigenvalue weighted by molar-refractivity contribution is -0.147. The molecule has 2 aliphatic heterocycles. The fourth-order valence-electron chi connectivity index (χ4n) is 6.09. The molecular formula is C29H35NO4. The molecule has 1 saturated heterocycles. The van der Waals surface area contributed by atoms with Gasteiger partial charge < -0.3 is 14.6 Å². The van der Waals surface area contributed by atoms with Gasteiger partial charge in [0, 0.05) is 37.4 Å². The first-order valence-corrected chi connectivity index (χ1v) is 12.7. The molecule has 2 aromatic rings.